The number of nitrogen functional groups attached to an aromatic ring is 1. The Morgan fingerprint density at radius 2 is 2.21 bits per heavy atom. The molecule has 0 fully saturated rings. The summed E-state index contributed by atoms with van der Waals surface area (Å²) in [6.07, 6.45) is 1.75. The molecule has 19 heavy (non-hydrogen) atoms. The number of aromatic nitrogens is 1. The van der Waals surface area contributed by atoms with Crippen molar-refractivity contribution in [3.05, 3.63) is 30.5 Å². The number of nitrogens with two attached hydrogens (primary N) is 1. The van der Waals surface area contributed by atoms with Crippen LogP contribution in [0.1, 0.15) is 13.8 Å². The van der Waals surface area contributed by atoms with Gasteiger partial charge in [-0.15, -0.1) is 0 Å². The summed E-state index contributed by atoms with van der Waals surface area (Å²) in [6.45, 7) is 5.57. The van der Waals surface area contributed by atoms with E-state index in [1.54, 1.807) is 6.20 Å². The number of fused-ring (bicyclic) bond motifs is 1. The van der Waals surface area contributed by atoms with E-state index in [2.05, 4.69) is 22.9 Å². The third-order valence-electron chi connectivity index (χ3n) is 3.21. The molecule has 1 aromatic heterocycles. The van der Waals surface area contributed by atoms with Crippen LogP contribution in [-0.2, 0) is 0 Å². The quantitative estimate of drug-likeness (QED) is 0.852. The van der Waals surface area contributed by atoms with Gasteiger partial charge >= 0.3 is 0 Å². The predicted octanol–water partition coefficient (Wildman–Crippen LogP) is 2.80. The first-order valence-corrected chi connectivity index (χ1v) is 6.45. The van der Waals surface area contributed by atoms with Gasteiger partial charge in [-0.3, -0.25) is 4.98 Å². The van der Waals surface area contributed by atoms with Gasteiger partial charge in [0.05, 0.1) is 23.2 Å². The molecule has 2 rings (SSSR count). The molecule has 1 atom stereocenters. The fraction of sp³-hybridized carbons (Fsp3) is 0.333. The molecule has 0 saturated heterocycles. The van der Waals surface area contributed by atoms with Gasteiger partial charge in [0.1, 0.15) is 0 Å². The highest BCUT2D eigenvalue weighted by Crippen LogP contribution is 2.29. The number of rotatable bonds is 4. The molecule has 1 aromatic carbocycles. The maximum atomic E-state index is 8.97. The average Bonchev–Trinajstić information content (AvgIpc) is 2.45. The van der Waals surface area contributed by atoms with Crippen molar-refractivity contribution in [2.24, 2.45) is 5.92 Å². The molecule has 0 aliphatic rings. The van der Waals surface area contributed by atoms with Crippen molar-refractivity contribution in [2.45, 2.75) is 13.8 Å². The summed E-state index contributed by atoms with van der Waals surface area (Å²) < 4.78 is 0. The average molecular weight is 254 g/mol. The molecule has 98 valence electrons. The van der Waals surface area contributed by atoms with E-state index in [0.717, 1.165) is 23.1 Å². The van der Waals surface area contributed by atoms with Gasteiger partial charge in [-0.25, -0.2) is 0 Å². The topological polar surface area (TPSA) is 65.9 Å². The van der Waals surface area contributed by atoms with Gasteiger partial charge in [-0.1, -0.05) is 0 Å². The Kier molecular flexibility index (Phi) is 3.86. The van der Waals surface area contributed by atoms with Crippen LogP contribution in [0.4, 0.5) is 11.4 Å². The van der Waals surface area contributed by atoms with E-state index < -0.39 is 0 Å². The molecule has 0 saturated carbocycles. The first-order valence-electron chi connectivity index (χ1n) is 6.45. The van der Waals surface area contributed by atoms with E-state index in [9.17, 15) is 0 Å². The van der Waals surface area contributed by atoms with Crippen LogP contribution in [0.15, 0.2) is 30.5 Å². The van der Waals surface area contributed by atoms with Crippen LogP contribution >= 0.6 is 0 Å². The van der Waals surface area contributed by atoms with Crippen molar-refractivity contribution < 1.29 is 0 Å². The van der Waals surface area contributed by atoms with Gasteiger partial charge < -0.3 is 10.6 Å². The number of nitrogens with zero attached hydrogens (tertiary/aromatic N) is 3. The lowest BCUT2D eigenvalue weighted by atomic mass is 10.1. The highest BCUT2D eigenvalue weighted by molar-refractivity contribution is 5.98. The lowest BCUT2D eigenvalue weighted by Gasteiger charge is -2.25. The van der Waals surface area contributed by atoms with Gasteiger partial charge in [0.2, 0.25) is 0 Å². The van der Waals surface area contributed by atoms with Gasteiger partial charge in [0.15, 0.2) is 0 Å². The second-order valence-electron chi connectivity index (χ2n) is 4.64. The molecule has 4 nitrogen and oxygen atoms in total. The minimum absolute atomic E-state index is 0.00998. The third-order valence-corrected chi connectivity index (χ3v) is 3.21. The Hall–Kier alpha value is -2.28. The molecule has 1 heterocycles. The Labute approximate surface area is 113 Å². The van der Waals surface area contributed by atoms with Crippen LogP contribution < -0.4 is 10.6 Å². The van der Waals surface area contributed by atoms with E-state index in [1.807, 2.05) is 31.2 Å². The Bertz CT molecular complexity index is 615. The summed E-state index contributed by atoms with van der Waals surface area (Å²) in [4.78, 5) is 6.53. The fourth-order valence-electron chi connectivity index (χ4n) is 2.22. The standard InChI is InChI=1S/C15H18N4/c1-3-19(10-11(2)9-16)14-7-6-13(17)15-12(14)5-4-8-18-15/h4-8,11H,3,10,17H2,1-2H3. The first kappa shape index (κ1) is 13.2. The lowest BCUT2D eigenvalue weighted by Crippen LogP contribution is -2.28. The van der Waals surface area contributed by atoms with E-state index in [-0.39, 0.29) is 5.92 Å². The number of pyridine rings is 1. The smallest absolute Gasteiger partial charge is 0.0951 e. The molecule has 0 aliphatic heterocycles. The van der Waals surface area contributed by atoms with Crippen molar-refractivity contribution in [1.29, 1.82) is 5.26 Å². The molecule has 4 heteroatoms. The molecule has 2 N–H and O–H groups in total. The molecular formula is C15H18N4. The van der Waals surface area contributed by atoms with Crippen LogP contribution in [0.2, 0.25) is 0 Å². The number of benzene rings is 1. The van der Waals surface area contributed by atoms with Crippen molar-refractivity contribution in [3.8, 4) is 6.07 Å². The monoisotopic (exact) mass is 254 g/mol. The molecule has 0 spiro atoms. The van der Waals surface area contributed by atoms with Gasteiger partial charge in [-0.05, 0) is 38.1 Å². The summed E-state index contributed by atoms with van der Waals surface area (Å²) in [5.41, 5.74) is 8.55. The lowest BCUT2D eigenvalue weighted by molar-refractivity contribution is 0.688. The van der Waals surface area contributed by atoms with Crippen molar-refractivity contribution in [3.63, 3.8) is 0 Å². The molecular weight excluding hydrogens is 236 g/mol. The van der Waals surface area contributed by atoms with Gasteiger partial charge in [0, 0.05) is 30.4 Å². The zero-order valence-corrected chi connectivity index (χ0v) is 11.3. The molecule has 0 amide bonds. The van der Waals surface area contributed by atoms with E-state index >= 15 is 0 Å². The van der Waals surface area contributed by atoms with Crippen molar-refractivity contribution in [2.75, 3.05) is 23.7 Å². The maximum Gasteiger partial charge on any atom is 0.0951 e. The zero-order chi connectivity index (χ0) is 13.8. The Morgan fingerprint density at radius 3 is 2.89 bits per heavy atom. The SMILES string of the molecule is CCN(CC(C)C#N)c1ccc(N)c2ncccc12. The van der Waals surface area contributed by atoms with E-state index in [4.69, 9.17) is 11.0 Å². The zero-order valence-electron chi connectivity index (χ0n) is 11.3. The number of hydrogen-bond donors (Lipinski definition) is 1. The highest BCUT2D eigenvalue weighted by Gasteiger charge is 2.13. The van der Waals surface area contributed by atoms with Gasteiger partial charge in [0.25, 0.3) is 0 Å². The normalized spacial score (nSPS) is 12.1. The van der Waals surface area contributed by atoms with Crippen molar-refractivity contribution in [1.82, 2.24) is 4.98 Å². The predicted molar refractivity (Wildman–Crippen MR) is 78.8 cm³/mol. The van der Waals surface area contributed by atoms with Crippen LogP contribution in [0.5, 0.6) is 0 Å². The number of hydrogen-bond acceptors (Lipinski definition) is 4. The highest BCUT2D eigenvalue weighted by atomic mass is 15.1. The van der Waals surface area contributed by atoms with Crippen LogP contribution in [0, 0.1) is 17.2 Å². The largest absolute Gasteiger partial charge is 0.397 e. The van der Waals surface area contributed by atoms with Crippen LogP contribution in [0.3, 0.4) is 0 Å². The number of nitriles is 1. The van der Waals surface area contributed by atoms with Crippen LogP contribution in [0.25, 0.3) is 10.9 Å². The minimum Gasteiger partial charge on any atom is -0.397 e. The molecule has 2 aromatic rings. The number of anilines is 2. The summed E-state index contributed by atoms with van der Waals surface area (Å²) in [5, 5.41) is 10.0. The Balaban J connectivity index is 2.49. The van der Waals surface area contributed by atoms with Crippen molar-refractivity contribution >= 4 is 22.3 Å². The fourth-order valence-corrected chi connectivity index (χ4v) is 2.22. The minimum atomic E-state index is -0.00998. The molecule has 0 bridgehead atoms. The first-order chi connectivity index (χ1) is 9.17. The second-order valence-corrected chi connectivity index (χ2v) is 4.64. The summed E-state index contributed by atoms with van der Waals surface area (Å²) in [5.74, 6) is -0.00998. The van der Waals surface area contributed by atoms with E-state index in [0.29, 0.717) is 12.2 Å². The van der Waals surface area contributed by atoms with E-state index in [1.165, 1.54) is 0 Å². The molecule has 0 aliphatic carbocycles. The summed E-state index contributed by atoms with van der Waals surface area (Å²) in [7, 11) is 0. The maximum absolute atomic E-state index is 8.97. The third kappa shape index (κ3) is 2.60. The van der Waals surface area contributed by atoms with Crippen LogP contribution in [-0.4, -0.2) is 18.1 Å². The second kappa shape index (κ2) is 5.57. The summed E-state index contributed by atoms with van der Waals surface area (Å²) >= 11 is 0. The van der Waals surface area contributed by atoms with Gasteiger partial charge in [-0.2, -0.15) is 5.26 Å². The summed E-state index contributed by atoms with van der Waals surface area (Å²) in [6, 6.07) is 10.1. The molecule has 1 unspecified atom stereocenters. The molecule has 0 radical (unpaired) electrons. The Morgan fingerprint density at radius 1 is 1.42 bits per heavy atom.